The molecular formula is C17H13F3N4O2S. The van der Waals surface area contributed by atoms with Gasteiger partial charge in [-0.1, -0.05) is 0 Å². The molecule has 3 aromatic rings. The summed E-state index contributed by atoms with van der Waals surface area (Å²) in [6, 6.07) is 10.1. The van der Waals surface area contributed by atoms with Gasteiger partial charge in [-0.25, -0.2) is 9.49 Å². The normalized spacial score (nSPS) is 11.3. The molecule has 2 aromatic carbocycles. The molecule has 0 aliphatic rings. The van der Waals surface area contributed by atoms with Crippen molar-refractivity contribution in [3.8, 4) is 22.9 Å². The fraction of sp³-hybridized carbons (Fsp3) is 0.118. The molecule has 0 bridgehead atoms. The van der Waals surface area contributed by atoms with E-state index >= 15 is 0 Å². The predicted molar refractivity (Wildman–Crippen MR) is 95.4 cm³/mol. The summed E-state index contributed by atoms with van der Waals surface area (Å²) < 4.78 is 49.1. The topological polar surface area (TPSA) is 64.4 Å². The van der Waals surface area contributed by atoms with E-state index in [2.05, 4.69) is 20.0 Å². The van der Waals surface area contributed by atoms with Gasteiger partial charge in [-0.3, -0.25) is 0 Å². The van der Waals surface area contributed by atoms with Crippen LogP contribution in [-0.4, -0.2) is 34.8 Å². The number of halogens is 3. The van der Waals surface area contributed by atoms with Crippen molar-refractivity contribution in [3.05, 3.63) is 58.6 Å². The van der Waals surface area contributed by atoms with Crippen LogP contribution in [0.25, 0.3) is 11.4 Å². The second kappa shape index (κ2) is 8.04. The Labute approximate surface area is 156 Å². The van der Waals surface area contributed by atoms with Gasteiger partial charge in [-0.05, 0) is 60.2 Å². The highest BCUT2D eigenvalue weighted by Gasteiger charge is 2.11. The first-order chi connectivity index (χ1) is 13.0. The first-order valence-corrected chi connectivity index (χ1v) is 7.99. The van der Waals surface area contributed by atoms with Gasteiger partial charge in [0.15, 0.2) is 17.3 Å². The molecule has 0 saturated carbocycles. The van der Waals surface area contributed by atoms with Crippen LogP contribution in [0.1, 0.15) is 5.56 Å². The quantitative estimate of drug-likeness (QED) is 0.502. The van der Waals surface area contributed by atoms with E-state index in [1.807, 2.05) is 0 Å². The maximum atomic E-state index is 13.1. The van der Waals surface area contributed by atoms with Crippen LogP contribution in [0.2, 0.25) is 0 Å². The molecule has 0 aliphatic heterocycles. The fourth-order valence-corrected chi connectivity index (χ4v) is 2.45. The predicted octanol–water partition coefficient (Wildman–Crippen LogP) is 4.24. The molecule has 0 aliphatic carbocycles. The van der Waals surface area contributed by atoms with Crippen LogP contribution in [0.15, 0.2) is 47.6 Å². The Bertz CT molecular complexity index is 1020. The molecule has 140 valence electrons. The van der Waals surface area contributed by atoms with Gasteiger partial charge in [-0.2, -0.15) is 23.7 Å². The molecule has 3 rings (SSSR count). The zero-order valence-electron chi connectivity index (χ0n) is 13.9. The minimum Gasteiger partial charge on any atom is -0.493 e. The summed E-state index contributed by atoms with van der Waals surface area (Å²) in [5.74, 6) is 0.0342. The van der Waals surface area contributed by atoms with E-state index < -0.39 is 6.61 Å². The number of rotatable bonds is 6. The van der Waals surface area contributed by atoms with Crippen molar-refractivity contribution < 1.29 is 22.6 Å². The van der Waals surface area contributed by atoms with Gasteiger partial charge in [0, 0.05) is 5.56 Å². The highest BCUT2D eigenvalue weighted by molar-refractivity contribution is 7.71. The van der Waals surface area contributed by atoms with Crippen LogP contribution < -0.4 is 9.47 Å². The molecule has 1 N–H and O–H groups in total. The molecule has 10 heteroatoms. The van der Waals surface area contributed by atoms with Crippen LogP contribution in [0, 0.1) is 10.6 Å². The molecular weight excluding hydrogens is 381 g/mol. The molecule has 0 saturated heterocycles. The molecule has 0 spiro atoms. The lowest BCUT2D eigenvalue weighted by Gasteiger charge is -2.10. The summed E-state index contributed by atoms with van der Waals surface area (Å²) in [4.78, 5) is 0. The minimum absolute atomic E-state index is 0.119. The molecule has 0 fully saturated rings. The number of ether oxygens (including phenoxy) is 2. The summed E-state index contributed by atoms with van der Waals surface area (Å²) >= 11 is 5.15. The first kappa shape index (κ1) is 18.6. The summed E-state index contributed by atoms with van der Waals surface area (Å²) in [6.45, 7) is -2.99. The SMILES string of the molecule is COc1ccc(/C=N\n2c(-c3ccc(F)cc3)n[nH]c2=S)cc1OC(F)F. The van der Waals surface area contributed by atoms with Crippen molar-refractivity contribution in [1.82, 2.24) is 14.9 Å². The smallest absolute Gasteiger partial charge is 0.387 e. The van der Waals surface area contributed by atoms with Crippen molar-refractivity contribution >= 4 is 18.4 Å². The van der Waals surface area contributed by atoms with Crippen LogP contribution >= 0.6 is 12.2 Å². The van der Waals surface area contributed by atoms with E-state index in [-0.39, 0.29) is 22.1 Å². The molecule has 6 nitrogen and oxygen atoms in total. The Morgan fingerprint density at radius 2 is 1.93 bits per heavy atom. The second-order valence-electron chi connectivity index (χ2n) is 5.20. The lowest BCUT2D eigenvalue weighted by atomic mass is 10.2. The number of aromatic amines is 1. The number of hydrogen-bond acceptors (Lipinski definition) is 5. The third-order valence-corrected chi connectivity index (χ3v) is 3.74. The Morgan fingerprint density at radius 3 is 2.59 bits per heavy atom. The van der Waals surface area contributed by atoms with Crippen molar-refractivity contribution in [2.24, 2.45) is 5.10 Å². The van der Waals surface area contributed by atoms with Gasteiger partial charge >= 0.3 is 6.61 Å². The molecule has 0 radical (unpaired) electrons. The molecule has 1 aromatic heterocycles. The number of nitrogens with zero attached hydrogens (tertiary/aromatic N) is 3. The molecule has 0 atom stereocenters. The van der Waals surface area contributed by atoms with E-state index in [9.17, 15) is 13.2 Å². The minimum atomic E-state index is -2.99. The first-order valence-electron chi connectivity index (χ1n) is 7.58. The lowest BCUT2D eigenvalue weighted by molar-refractivity contribution is -0.0512. The highest BCUT2D eigenvalue weighted by Crippen LogP contribution is 2.29. The number of alkyl halides is 2. The van der Waals surface area contributed by atoms with E-state index in [0.717, 1.165) is 0 Å². The van der Waals surface area contributed by atoms with Gasteiger partial charge in [0.05, 0.1) is 13.3 Å². The maximum Gasteiger partial charge on any atom is 0.387 e. The van der Waals surface area contributed by atoms with Gasteiger partial charge < -0.3 is 9.47 Å². The monoisotopic (exact) mass is 394 g/mol. The van der Waals surface area contributed by atoms with Crippen molar-refractivity contribution in [2.75, 3.05) is 7.11 Å². The zero-order chi connectivity index (χ0) is 19.4. The van der Waals surface area contributed by atoms with E-state index in [1.54, 1.807) is 6.07 Å². The number of hydrogen-bond donors (Lipinski definition) is 1. The average Bonchev–Trinajstić information content (AvgIpc) is 3.01. The van der Waals surface area contributed by atoms with Crippen molar-refractivity contribution in [3.63, 3.8) is 0 Å². The summed E-state index contributed by atoms with van der Waals surface area (Å²) in [5, 5.41) is 10.9. The van der Waals surface area contributed by atoms with Gasteiger partial charge in [-0.15, -0.1) is 0 Å². The van der Waals surface area contributed by atoms with Crippen molar-refractivity contribution in [2.45, 2.75) is 6.61 Å². The third kappa shape index (κ3) is 4.34. The van der Waals surface area contributed by atoms with Crippen LogP contribution in [0.3, 0.4) is 0 Å². The molecule has 0 amide bonds. The number of methoxy groups -OCH3 is 1. The van der Waals surface area contributed by atoms with Gasteiger partial charge in [0.1, 0.15) is 5.82 Å². The highest BCUT2D eigenvalue weighted by atomic mass is 32.1. The molecule has 0 unspecified atom stereocenters. The second-order valence-corrected chi connectivity index (χ2v) is 5.59. The molecule has 1 heterocycles. The number of aromatic nitrogens is 3. The van der Waals surface area contributed by atoms with Crippen LogP contribution in [-0.2, 0) is 0 Å². The third-order valence-electron chi connectivity index (χ3n) is 3.48. The maximum absolute atomic E-state index is 13.1. The zero-order valence-corrected chi connectivity index (χ0v) is 14.7. The van der Waals surface area contributed by atoms with E-state index in [0.29, 0.717) is 17.0 Å². The van der Waals surface area contributed by atoms with Crippen LogP contribution in [0.5, 0.6) is 11.5 Å². The van der Waals surface area contributed by atoms with E-state index in [4.69, 9.17) is 17.0 Å². The molecule has 27 heavy (non-hydrogen) atoms. The van der Waals surface area contributed by atoms with Gasteiger partial charge in [0.25, 0.3) is 0 Å². The number of nitrogens with one attached hydrogen (secondary N) is 1. The van der Waals surface area contributed by atoms with Crippen molar-refractivity contribution in [1.29, 1.82) is 0 Å². The standard InChI is InChI=1S/C17H13F3N4O2S/c1-25-13-7-2-10(8-14(13)26-16(19)20)9-21-24-15(22-23-17(24)27)11-3-5-12(18)6-4-11/h2-9,16H,1H3,(H,23,27)/b21-9-. The Hall–Kier alpha value is -3.14. The number of H-pyrrole nitrogens is 1. The average molecular weight is 394 g/mol. The number of benzene rings is 2. The van der Waals surface area contributed by atoms with Crippen LogP contribution in [0.4, 0.5) is 13.2 Å². The lowest BCUT2D eigenvalue weighted by Crippen LogP contribution is -2.04. The van der Waals surface area contributed by atoms with E-state index in [1.165, 1.54) is 54.4 Å². The fourth-order valence-electron chi connectivity index (χ4n) is 2.27. The Balaban J connectivity index is 1.94. The summed E-state index contributed by atoms with van der Waals surface area (Å²) in [7, 11) is 1.35. The summed E-state index contributed by atoms with van der Waals surface area (Å²) in [6.07, 6.45) is 1.40. The Kier molecular flexibility index (Phi) is 5.55. The summed E-state index contributed by atoms with van der Waals surface area (Å²) in [5.41, 5.74) is 1.07. The Morgan fingerprint density at radius 1 is 1.19 bits per heavy atom. The largest absolute Gasteiger partial charge is 0.493 e. The van der Waals surface area contributed by atoms with Gasteiger partial charge in [0.2, 0.25) is 4.77 Å².